The molecule has 0 aliphatic heterocycles. The van der Waals surface area contributed by atoms with Crippen LogP contribution < -0.4 is 5.32 Å². The highest BCUT2D eigenvalue weighted by atomic mass is 16.5. The Labute approximate surface area is 113 Å². The first-order chi connectivity index (χ1) is 8.79. The van der Waals surface area contributed by atoms with Crippen LogP contribution in [0, 0.1) is 5.92 Å². The first-order valence-corrected chi connectivity index (χ1v) is 8.08. The van der Waals surface area contributed by atoms with Crippen molar-refractivity contribution in [1.29, 1.82) is 0 Å². The largest absolute Gasteiger partial charge is 0.381 e. The third-order valence-electron chi connectivity index (χ3n) is 5.06. The van der Waals surface area contributed by atoms with Crippen molar-refractivity contribution in [3.63, 3.8) is 0 Å². The second-order valence-electron chi connectivity index (χ2n) is 6.43. The minimum atomic E-state index is 0.498. The molecule has 0 radical (unpaired) electrons. The van der Waals surface area contributed by atoms with Gasteiger partial charge >= 0.3 is 0 Å². The molecule has 18 heavy (non-hydrogen) atoms. The van der Waals surface area contributed by atoms with Crippen LogP contribution in [-0.2, 0) is 4.74 Å². The second-order valence-corrected chi connectivity index (χ2v) is 6.43. The van der Waals surface area contributed by atoms with Crippen molar-refractivity contribution in [2.75, 3.05) is 7.11 Å². The lowest BCUT2D eigenvalue weighted by Gasteiger charge is -2.33. The monoisotopic (exact) mass is 253 g/mol. The van der Waals surface area contributed by atoms with E-state index in [4.69, 9.17) is 4.74 Å². The van der Waals surface area contributed by atoms with E-state index in [1.165, 1.54) is 64.2 Å². The summed E-state index contributed by atoms with van der Waals surface area (Å²) in [6.45, 7) is 2.41. The Morgan fingerprint density at radius 3 is 2.33 bits per heavy atom. The Morgan fingerprint density at radius 2 is 1.67 bits per heavy atom. The van der Waals surface area contributed by atoms with Crippen molar-refractivity contribution in [3.8, 4) is 0 Å². The van der Waals surface area contributed by atoms with Gasteiger partial charge in [-0.3, -0.25) is 0 Å². The van der Waals surface area contributed by atoms with Crippen molar-refractivity contribution in [1.82, 2.24) is 5.32 Å². The fraction of sp³-hybridized carbons (Fsp3) is 1.00. The molecule has 106 valence electrons. The Balaban J connectivity index is 1.76. The van der Waals surface area contributed by atoms with Crippen LogP contribution in [0.2, 0.25) is 0 Å². The Kier molecular flexibility index (Phi) is 5.97. The highest BCUT2D eigenvalue weighted by Gasteiger charge is 2.25. The molecule has 2 fully saturated rings. The Morgan fingerprint density at radius 1 is 0.944 bits per heavy atom. The van der Waals surface area contributed by atoms with Crippen molar-refractivity contribution in [3.05, 3.63) is 0 Å². The normalized spacial score (nSPS) is 33.0. The molecule has 2 heteroatoms. The third-order valence-corrected chi connectivity index (χ3v) is 5.06. The standard InChI is InChI=1S/C16H31NO/c1-13(14-8-5-3-4-6-9-14)17-15-10-7-11-16(12-15)18-2/h13-17H,3-12H2,1-2H3/t13-,15?,16?/m1/s1. The van der Waals surface area contributed by atoms with Gasteiger partial charge in [-0.2, -0.15) is 0 Å². The van der Waals surface area contributed by atoms with Crippen molar-refractivity contribution < 1.29 is 4.74 Å². The molecule has 2 rings (SSSR count). The second kappa shape index (κ2) is 7.49. The fourth-order valence-corrected chi connectivity index (χ4v) is 3.83. The summed E-state index contributed by atoms with van der Waals surface area (Å²) >= 11 is 0. The van der Waals surface area contributed by atoms with E-state index in [1.807, 2.05) is 7.11 Å². The summed E-state index contributed by atoms with van der Waals surface area (Å²) < 4.78 is 5.53. The molecular weight excluding hydrogens is 222 g/mol. The Hall–Kier alpha value is -0.0800. The molecule has 0 saturated heterocycles. The number of rotatable bonds is 4. The maximum absolute atomic E-state index is 5.53. The third kappa shape index (κ3) is 4.24. The average Bonchev–Trinajstić information content (AvgIpc) is 2.68. The zero-order valence-corrected chi connectivity index (χ0v) is 12.3. The summed E-state index contributed by atoms with van der Waals surface area (Å²) in [7, 11) is 1.86. The molecule has 0 amide bonds. The van der Waals surface area contributed by atoms with E-state index in [0.29, 0.717) is 18.2 Å². The molecule has 0 aromatic carbocycles. The van der Waals surface area contributed by atoms with Crippen LogP contribution in [0.15, 0.2) is 0 Å². The number of nitrogens with one attached hydrogen (secondary N) is 1. The Bertz CT molecular complexity index is 223. The SMILES string of the molecule is COC1CCCC(N[C@H](C)C2CCCCCC2)C1. The summed E-state index contributed by atoms with van der Waals surface area (Å²) in [5.74, 6) is 0.912. The maximum Gasteiger partial charge on any atom is 0.0586 e. The predicted octanol–water partition coefficient (Wildman–Crippen LogP) is 3.89. The lowest BCUT2D eigenvalue weighted by molar-refractivity contribution is 0.0555. The highest BCUT2D eigenvalue weighted by Crippen LogP contribution is 2.27. The van der Waals surface area contributed by atoms with Gasteiger partial charge in [-0.05, 0) is 51.4 Å². The number of methoxy groups -OCH3 is 1. The highest BCUT2D eigenvalue weighted by molar-refractivity contribution is 4.83. The molecule has 0 aromatic heterocycles. The van der Waals surface area contributed by atoms with Crippen molar-refractivity contribution in [2.45, 2.75) is 89.3 Å². The van der Waals surface area contributed by atoms with Gasteiger partial charge in [0.15, 0.2) is 0 Å². The minimum Gasteiger partial charge on any atom is -0.381 e. The molecule has 2 unspecified atom stereocenters. The zero-order chi connectivity index (χ0) is 12.8. The van der Waals surface area contributed by atoms with Gasteiger partial charge in [-0.1, -0.05) is 25.7 Å². The lowest BCUT2D eigenvalue weighted by Crippen LogP contribution is -2.44. The first kappa shape index (κ1) is 14.3. The summed E-state index contributed by atoms with van der Waals surface area (Å²) in [4.78, 5) is 0. The van der Waals surface area contributed by atoms with Crippen molar-refractivity contribution in [2.24, 2.45) is 5.92 Å². The molecule has 1 N–H and O–H groups in total. The topological polar surface area (TPSA) is 21.3 Å². The van der Waals surface area contributed by atoms with Crippen LogP contribution in [0.5, 0.6) is 0 Å². The van der Waals surface area contributed by atoms with Crippen LogP contribution >= 0.6 is 0 Å². The maximum atomic E-state index is 5.53. The van der Waals surface area contributed by atoms with Gasteiger partial charge < -0.3 is 10.1 Å². The van der Waals surface area contributed by atoms with E-state index in [2.05, 4.69) is 12.2 Å². The van der Waals surface area contributed by atoms with Crippen LogP contribution in [0.1, 0.15) is 71.1 Å². The van der Waals surface area contributed by atoms with E-state index in [9.17, 15) is 0 Å². The van der Waals surface area contributed by atoms with E-state index in [-0.39, 0.29) is 0 Å². The predicted molar refractivity (Wildman–Crippen MR) is 76.8 cm³/mol. The molecule has 0 aromatic rings. The molecule has 0 spiro atoms. The number of ether oxygens (including phenoxy) is 1. The van der Waals surface area contributed by atoms with Crippen LogP contribution in [0.3, 0.4) is 0 Å². The van der Waals surface area contributed by atoms with Crippen molar-refractivity contribution >= 4 is 0 Å². The molecule has 3 atom stereocenters. The van der Waals surface area contributed by atoms with Gasteiger partial charge in [0.2, 0.25) is 0 Å². The zero-order valence-electron chi connectivity index (χ0n) is 12.3. The van der Waals surface area contributed by atoms with E-state index < -0.39 is 0 Å². The van der Waals surface area contributed by atoms with E-state index in [0.717, 1.165) is 5.92 Å². The quantitative estimate of drug-likeness (QED) is 0.767. The molecule has 0 bridgehead atoms. The molecule has 2 aliphatic carbocycles. The van der Waals surface area contributed by atoms with Crippen LogP contribution in [0.25, 0.3) is 0 Å². The van der Waals surface area contributed by atoms with Gasteiger partial charge in [0.1, 0.15) is 0 Å². The molecule has 2 saturated carbocycles. The van der Waals surface area contributed by atoms with Gasteiger partial charge in [0, 0.05) is 19.2 Å². The van der Waals surface area contributed by atoms with E-state index >= 15 is 0 Å². The van der Waals surface area contributed by atoms with Crippen LogP contribution in [0.4, 0.5) is 0 Å². The molecule has 2 aliphatic rings. The smallest absolute Gasteiger partial charge is 0.0586 e. The number of hydrogen-bond donors (Lipinski definition) is 1. The van der Waals surface area contributed by atoms with Crippen LogP contribution in [-0.4, -0.2) is 25.3 Å². The summed E-state index contributed by atoms with van der Waals surface area (Å²) in [5, 5.41) is 3.90. The summed E-state index contributed by atoms with van der Waals surface area (Å²) in [6, 6.07) is 1.39. The summed E-state index contributed by atoms with van der Waals surface area (Å²) in [6.07, 6.45) is 14.3. The first-order valence-electron chi connectivity index (χ1n) is 8.08. The minimum absolute atomic E-state index is 0.498. The van der Waals surface area contributed by atoms with Gasteiger partial charge in [0.05, 0.1) is 6.10 Å². The van der Waals surface area contributed by atoms with E-state index in [1.54, 1.807) is 0 Å². The summed E-state index contributed by atoms with van der Waals surface area (Å²) in [5.41, 5.74) is 0. The molecule has 0 heterocycles. The fourth-order valence-electron chi connectivity index (χ4n) is 3.83. The van der Waals surface area contributed by atoms with Gasteiger partial charge in [-0.15, -0.1) is 0 Å². The average molecular weight is 253 g/mol. The number of hydrogen-bond acceptors (Lipinski definition) is 2. The lowest BCUT2D eigenvalue weighted by atomic mass is 9.88. The molecular formula is C16H31NO. The van der Waals surface area contributed by atoms with Gasteiger partial charge in [0.25, 0.3) is 0 Å². The van der Waals surface area contributed by atoms with Gasteiger partial charge in [-0.25, -0.2) is 0 Å². The molecule has 2 nitrogen and oxygen atoms in total.